The Labute approximate surface area is 122 Å². The lowest BCUT2D eigenvalue weighted by Gasteiger charge is -2.20. The Morgan fingerprint density at radius 3 is 3.16 bits per heavy atom. The molecule has 1 N–H and O–H groups in total. The van der Waals surface area contributed by atoms with Crippen LogP contribution < -0.4 is 4.74 Å². The first kappa shape index (κ1) is 13.4. The average molecular weight is 326 g/mol. The highest BCUT2D eigenvalue weighted by atomic mass is 79.9. The number of ether oxygens (including phenoxy) is 1. The third-order valence-electron chi connectivity index (χ3n) is 4.13. The Balaban J connectivity index is 1.54. The number of nitrogens with zero attached hydrogens (tertiary/aromatic N) is 1. The van der Waals surface area contributed by atoms with Gasteiger partial charge in [-0.05, 0) is 49.1 Å². The van der Waals surface area contributed by atoms with E-state index in [0.29, 0.717) is 12.5 Å². The van der Waals surface area contributed by atoms with E-state index in [0.717, 1.165) is 42.7 Å². The molecule has 2 aliphatic rings. The van der Waals surface area contributed by atoms with Crippen molar-refractivity contribution in [2.24, 2.45) is 5.92 Å². The molecule has 0 aromatic heterocycles. The molecule has 1 aromatic rings. The van der Waals surface area contributed by atoms with Crippen LogP contribution >= 0.6 is 15.9 Å². The summed E-state index contributed by atoms with van der Waals surface area (Å²) in [6.07, 6.45) is 3.45. The van der Waals surface area contributed by atoms with Crippen molar-refractivity contribution in [1.29, 1.82) is 0 Å². The lowest BCUT2D eigenvalue weighted by atomic mass is 10.1. The molecule has 0 aliphatic carbocycles. The summed E-state index contributed by atoms with van der Waals surface area (Å²) in [7, 11) is 0. The van der Waals surface area contributed by atoms with Crippen LogP contribution in [0.5, 0.6) is 5.75 Å². The van der Waals surface area contributed by atoms with Gasteiger partial charge in [0.25, 0.3) is 0 Å². The fraction of sp³-hybridized carbons (Fsp3) is 0.600. The van der Waals surface area contributed by atoms with Gasteiger partial charge >= 0.3 is 0 Å². The first-order valence-electron chi connectivity index (χ1n) is 7.03. The molecule has 1 aromatic carbocycles. The SMILES string of the molecule is OCCC1CCN(CC2Cc3cc(Br)ccc3O2)C1. The maximum absolute atomic E-state index is 8.99. The van der Waals surface area contributed by atoms with E-state index in [1.54, 1.807) is 0 Å². The zero-order chi connectivity index (χ0) is 13.2. The van der Waals surface area contributed by atoms with Crippen LogP contribution in [0, 0.1) is 5.92 Å². The molecule has 4 heteroatoms. The van der Waals surface area contributed by atoms with Gasteiger partial charge in [-0.1, -0.05) is 15.9 Å². The van der Waals surface area contributed by atoms with E-state index in [4.69, 9.17) is 9.84 Å². The second-order valence-electron chi connectivity index (χ2n) is 5.62. The van der Waals surface area contributed by atoms with Crippen LogP contribution in [0.25, 0.3) is 0 Å². The van der Waals surface area contributed by atoms with E-state index in [9.17, 15) is 0 Å². The van der Waals surface area contributed by atoms with Crippen molar-refractivity contribution in [2.45, 2.75) is 25.4 Å². The minimum atomic E-state index is 0.289. The Morgan fingerprint density at radius 1 is 1.42 bits per heavy atom. The summed E-state index contributed by atoms with van der Waals surface area (Å²) in [4.78, 5) is 2.48. The highest BCUT2D eigenvalue weighted by molar-refractivity contribution is 9.10. The summed E-state index contributed by atoms with van der Waals surface area (Å²) in [6.45, 7) is 3.58. The highest BCUT2D eigenvalue weighted by Crippen LogP contribution is 2.32. The molecule has 0 radical (unpaired) electrons. The van der Waals surface area contributed by atoms with Crippen molar-refractivity contribution in [3.05, 3.63) is 28.2 Å². The predicted octanol–water partition coefficient (Wildman–Crippen LogP) is 2.46. The highest BCUT2D eigenvalue weighted by Gasteiger charge is 2.28. The third-order valence-corrected chi connectivity index (χ3v) is 4.63. The first-order chi connectivity index (χ1) is 9.24. The standard InChI is InChI=1S/C15H20BrNO2/c16-13-1-2-15-12(7-13)8-14(19-15)10-17-5-3-11(9-17)4-6-18/h1-2,7,11,14,18H,3-6,8-10H2. The van der Waals surface area contributed by atoms with Gasteiger partial charge < -0.3 is 9.84 Å². The van der Waals surface area contributed by atoms with Gasteiger partial charge in [0.1, 0.15) is 11.9 Å². The quantitative estimate of drug-likeness (QED) is 0.923. The van der Waals surface area contributed by atoms with Gasteiger partial charge in [0, 0.05) is 30.6 Å². The molecular weight excluding hydrogens is 306 g/mol. The molecule has 1 fully saturated rings. The van der Waals surface area contributed by atoms with E-state index in [1.807, 2.05) is 6.07 Å². The van der Waals surface area contributed by atoms with Crippen molar-refractivity contribution in [3.63, 3.8) is 0 Å². The number of fused-ring (bicyclic) bond motifs is 1. The fourth-order valence-corrected chi connectivity index (χ4v) is 3.58. The monoisotopic (exact) mass is 325 g/mol. The number of hydrogen-bond donors (Lipinski definition) is 1. The van der Waals surface area contributed by atoms with E-state index in [1.165, 1.54) is 12.0 Å². The van der Waals surface area contributed by atoms with Crippen molar-refractivity contribution in [2.75, 3.05) is 26.2 Å². The summed E-state index contributed by atoms with van der Waals surface area (Å²) < 4.78 is 7.13. The Bertz CT molecular complexity index is 452. The van der Waals surface area contributed by atoms with Gasteiger partial charge in [-0.25, -0.2) is 0 Å². The van der Waals surface area contributed by atoms with Crippen LogP contribution in [0.1, 0.15) is 18.4 Å². The van der Waals surface area contributed by atoms with E-state index < -0.39 is 0 Å². The molecule has 0 saturated carbocycles. The fourth-order valence-electron chi connectivity index (χ4n) is 3.18. The average Bonchev–Trinajstić information content (AvgIpc) is 2.96. The van der Waals surface area contributed by atoms with E-state index >= 15 is 0 Å². The van der Waals surface area contributed by atoms with Gasteiger partial charge in [0.05, 0.1) is 0 Å². The van der Waals surface area contributed by atoms with Crippen molar-refractivity contribution >= 4 is 15.9 Å². The molecule has 19 heavy (non-hydrogen) atoms. The van der Waals surface area contributed by atoms with Crippen molar-refractivity contribution < 1.29 is 9.84 Å². The van der Waals surface area contributed by atoms with Crippen LogP contribution in [0.2, 0.25) is 0 Å². The number of benzene rings is 1. The summed E-state index contributed by atoms with van der Waals surface area (Å²) in [5.41, 5.74) is 1.31. The minimum absolute atomic E-state index is 0.289. The summed E-state index contributed by atoms with van der Waals surface area (Å²) in [5.74, 6) is 1.71. The van der Waals surface area contributed by atoms with Gasteiger partial charge in [0.2, 0.25) is 0 Å². The summed E-state index contributed by atoms with van der Waals surface area (Å²) in [5, 5.41) is 8.99. The Kier molecular flexibility index (Phi) is 4.10. The zero-order valence-electron chi connectivity index (χ0n) is 11.0. The maximum Gasteiger partial charge on any atom is 0.123 e. The summed E-state index contributed by atoms with van der Waals surface area (Å²) >= 11 is 3.51. The molecule has 2 heterocycles. The Hall–Kier alpha value is -0.580. The van der Waals surface area contributed by atoms with Crippen LogP contribution in [-0.4, -0.2) is 42.4 Å². The molecule has 0 bridgehead atoms. The van der Waals surface area contributed by atoms with Gasteiger partial charge in [-0.2, -0.15) is 0 Å². The van der Waals surface area contributed by atoms with Crippen molar-refractivity contribution in [3.8, 4) is 5.75 Å². The molecule has 2 atom stereocenters. The van der Waals surface area contributed by atoms with E-state index in [2.05, 4.69) is 33.0 Å². The molecular formula is C15H20BrNO2. The van der Waals surface area contributed by atoms with Crippen LogP contribution in [0.15, 0.2) is 22.7 Å². The van der Waals surface area contributed by atoms with E-state index in [-0.39, 0.29) is 6.10 Å². The van der Waals surface area contributed by atoms with Crippen LogP contribution in [-0.2, 0) is 6.42 Å². The van der Waals surface area contributed by atoms with Gasteiger partial charge in [-0.3, -0.25) is 4.90 Å². The lowest BCUT2D eigenvalue weighted by Crippen LogP contribution is -2.33. The van der Waals surface area contributed by atoms with Crippen LogP contribution in [0.3, 0.4) is 0 Å². The molecule has 104 valence electrons. The first-order valence-corrected chi connectivity index (χ1v) is 7.82. The molecule has 1 saturated heterocycles. The van der Waals surface area contributed by atoms with Gasteiger partial charge in [0.15, 0.2) is 0 Å². The van der Waals surface area contributed by atoms with Crippen molar-refractivity contribution in [1.82, 2.24) is 4.90 Å². The molecule has 3 nitrogen and oxygen atoms in total. The molecule has 2 aliphatic heterocycles. The minimum Gasteiger partial charge on any atom is -0.488 e. The largest absolute Gasteiger partial charge is 0.488 e. The Morgan fingerprint density at radius 2 is 2.32 bits per heavy atom. The molecule has 0 amide bonds. The predicted molar refractivity (Wildman–Crippen MR) is 78.5 cm³/mol. The molecule has 2 unspecified atom stereocenters. The third kappa shape index (κ3) is 3.12. The zero-order valence-corrected chi connectivity index (χ0v) is 12.6. The maximum atomic E-state index is 8.99. The normalized spacial score (nSPS) is 26.4. The van der Waals surface area contributed by atoms with Crippen LogP contribution in [0.4, 0.5) is 0 Å². The smallest absolute Gasteiger partial charge is 0.123 e. The lowest BCUT2D eigenvalue weighted by molar-refractivity contribution is 0.163. The molecule has 0 spiro atoms. The summed E-state index contributed by atoms with van der Waals surface area (Å²) in [6, 6.07) is 6.25. The second kappa shape index (κ2) is 5.81. The number of hydrogen-bond acceptors (Lipinski definition) is 3. The van der Waals surface area contributed by atoms with Gasteiger partial charge in [-0.15, -0.1) is 0 Å². The topological polar surface area (TPSA) is 32.7 Å². The number of aliphatic hydroxyl groups excluding tert-OH is 1. The number of halogens is 1. The second-order valence-corrected chi connectivity index (χ2v) is 6.54. The number of rotatable bonds is 4. The molecule has 3 rings (SSSR count). The number of likely N-dealkylation sites (tertiary alicyclic amines) is 1. The number of aliphatic hydroxyl groups is 1.